The first-order valence-corrected chi connectivity index (χ1v) is 7.32. The average molecular weight is 347 g/mol. The van der Waals surface area contributed by atoms with Crippen LogP contribution in [0.4, 0.5) is 26.3 Å². The number of hydrogen-bond acceptors (Lipinski definition) is 1. The molecule has 9 heteroatoms. The molecular weight excluding hydrogens is 332 g/mol. The van der Waals surface area contributed by atoms with Crippen LogP contribution in [-0.2, 0) is 11.0 Å². The third-order valence-electron chi connectivity index (χ3n) is 2.71. The molecule has 0 amide bonds. The van der Waals surface area contributed by atoms with Crippen LogP contribution in [0.3, 0.4) is 0 Å². The van der Waals surface area contributed by atoms with Gasteiger partial charge in [-0.1, -0.05) is 18.2 Å². The largest absolute Gasteiger partial charge is 0.408 e. The van der Waals surface area contributed by atoms with E-state index in [2.05, 4.69) is 0 Å². The highest BCUT2D eigenvalue weighted by Gasteiger charge is 2.44. The second kappa shape index (κ2) is 6.57. The quantitative estimate of drug-likeness (QED) is 0.803. The molecule has 0 spiro atoms. The van der Waals surface area contributed by atoms with Crippen molar-refractivity contribution in [3.8, 4) is 0 Å². The number of halogens is 6. The average Bonchev–Trinajstić information content (AvgIpc) is 2.33. The molecule has 2 unspecified atom stereocenters. The van der Waals surface area contributed by atoms with Gasteiger partial charge in [0.2, 0.25) is 0 Å². The van der Waals surface area contributed by atoms with Gasteiger partial charge in [-0.2, -0.15) is 13.2 Å². The maximum Gasteiger partial charge on any atom is 0.408 e. The molecule has 0 saturated heterocycles. The van der Waals surface area contributed by atoms with E-state index in [0.717, 1.165) is 12.1 Å². The summed E-state index contributed by atoms with van der Waals surface area (Å²) in [6, 6.07) is -0.296. The zero-order valence-corrected chi connectivity index (χ0v) is 12.8. The minimum Gasteiger partial charge on any atom is -0.242 e. The summed E-state index contributed by atoms with van der Waals surface area (Å²) in [6.45, 7) is 4.28. The Kier molecular flexibility index (Phi) is 5.66. The van der Waals surface area contributed by atoms with Gasteiger partial charge in [0, 0.05) is 5.56 Å². The lowest BCUT2D eigenvalue weighted by Crippen LogP contribution is -2.42. The first kappa shape index (κ1) is 19.0. The Labute approximate surface area is 126 Å². The molecule has 0 saturated carbocycles. The van der Waals surface area contributed by atoms with E-state index in [-0.39, 0.29) is 0 Å². The third kappa shape index (κ3) is 4.45. The van der Waals surface area contributed by atoms with Crippen molar-refractivity contribution >= 4 is 11.0 Å². The molecule has 2 atom stereocenters. The maximum absolute atomic E-state index is 13.9. The van der Waals surface area contributed by atoms with Crippen molar-refractivity contribution in [1.29, 1.82) is 0 Å². The zero-order valence-electron chi connectivity index (χ0n) is 12.0. The lowest BCUT2D eigenvalue weighted by Gasteiger charge is -2.26. The predicted molar refractivity (Wildman–Crippen MR) is 71.2 cm³/mol. The van der Waals surface area contributed by atoms with Crippen LogP contribution in [0.25, 0.3) is 0 Å². The first-order valence-electron chi connectivity index (χ1n) is 6.17. The third-order valence-corrected chi connectivity index (χ3v) is 4.28. The van der Waals surface area contributed by atoms with E-state index in [9.17, 15) is 30.6 Å². The van der Waals surface area contributed by atoms with Crippen molar-refractivity contribution in [3.63, 3.8) is 0 Å². The zero-order chi connectivity index (χ0) is 17.3. The Bertz CT molecular complexity index is 552. The van der Waals surface area contributed by atoms with Crippen molar-refractivity contribution in [2.24, 2.45) is 0 Å². The lowest BCUT2D eigenvalue weighted by atomic mass is 10.0. The summed E-state index contributed by atoms with van der Waals surface area (Å²) in [6.07, 6.45) is -8.25. The van der Waals surface area contributed by atoms with Crippen LogP contribution in [0, 0.1) is 5.82 Å². The molecule has 0 heterocycles. The van der Waals surface area contributed by atoms with E-state index in [1.54, 1.807) is 4.72 Å². The molecular formula is C13H15F6NOS. The molecule has 1 rings (SSSR count). The molecule has 0 aliphatic rings. The van der Waals surface area contributed by atoms with Gasteiger partial charge in [0.1, 0.15) is 11.9 Å². The summed E-state index contributed by atoms with van der Waals surface area (Å²) in [5.74, 6) is -1.65. The smallest absolute Gasteiger partial charge is 0.242 e. The highest BCUT2D eigenvalue weighted by atomic mass is 32.2. The molecule has 1 aromatic carbocycles. The van der Waals surface area contributed by atoms with Gasteiger partial charge in [0.05, 0.1) is 21.3 Å². The van der Waals surface area contributed by atoms with E-state index in [4.69, 9.17) is 0 Å². The monoisotopic (exact) mass is 347 g/mol. The van der Waals surface area contributed by atoms with Crippen molar-refractivity contribution < 1.29 is 30.6 Å². The predicted octanol–water partition coefficient (Wildman–Crippen LogP) is 4.42. The number of alkyl halides is 5. The molecule has 0 fully saturated rings. The second-order valence-electron chi connectivity index (χ2n) is 5.52. The molecule has 1 N–H and O–H groups in total. The summed E-state index contributed by atoms with van der Waals surface area (Å²) in [5, 5.41) is 0. The summed E-state index contributed by atoms with van der Waals surface area (Å²) in [5.41, 5.74) is -2.14. The van der Waals surface area contributed by atoms with Gasteiger partial charge in [-0.3, -0.25) is 0 Å². The van der Waals surface area contributed by atoms with Crippen LogP contribution in [0.1, 0.15) is 44.4 Å². The fraction of sp³-hybridized carbons (Fsp3) is 0.538. The lowest BCUT2D eigenvalue weighted by molar-refractivity contribution is -0.153. The summed E-state index contributed by atoms with van der Waals surface area (Å²) >= 11 is 0. The van der Waals surface area contributed by atoms with E-state index in [0.29, 0.717) is 6.07 Å². The Hall–Kier alpha value is -1.09. The van der Waals surface area contributed by atoms with Crippen LogP contribution < -0.4 is 4.72 Å². The van der Waals surface area contributed by atoms with Gasteiger partial charge >= 0.3 is 6.18 Å². The number of hydrogen-bond donors (Lipinski definition) is 1. The SMILES string of the molecule is CC(C)(C)S(=O)NC(c1cccc(C(F)F)c1F)C(F)(F)F. The van der Waals surface area contributed by atoms with Gasteiger partial charge in [-0.15, -0.1) is 0 Å². The molecule has 1 aromatic rings. The molecule has 2 nitrogen and oxygen atoms in total. The van der Waals surface area contributed by atoms with Crippen molar-refractivity contribution in [1.82, 2.24) is 4.72 Å². The minimum atomic E-state index is -5.00. The van der Waals surface area contributed by atoms with Gasteiger partial charge in [-0.25, -0.2) is 22.1 Å². The molecule has 0 bridgehead atoms. The van der Waals surface area contributed by atoms with Gasteiger partial charge in [0.25, 0.3) is 6.43 Å². The molecule has 0 aliphatic heterocycles. The van der Waals surface area contributed by atoms with Crippen molar-refractivity contribution in [2.75, 3.05) is 0 Å². The Morgan fingerprint density at radius 2 is 1.59 bits per heavy atom. The summed E-state index contributed by atoms with van der Waals surface area (Å²) in [4.78, 5) is 0. The van der Waals surface area contributed by atoms with E-state index < -0.39 is 51.3 Å². The first-order chi connectivity index (χ1) is 9.85. The van der Waals surface area contributed by atoms with E-state index in [1.807, 2.05) is 0 Å². The molecule has 0 aliphatic carbocycles. The van der Waals surface area contributed by atoms with Gasteiger partial charge in [-0.05, 0) is 20.8 Å². The molecule has 126 valence electrons. The normalized spacial score (nSPS) is 15.9. The number of nitrogens with one attached hydrogen (secondary N) is 1. The van der Waals surface area contributed by atoms with Crippen LogP contribution in [-0.4, -0.2) is 15.1 Å². The Morgan fingerprint density at radius 1 is 1.09 bits per heavy atom. The van der Waals surface area contributed by atoms with Crippen molar-refractivity contribution in [3.05, 3.63) is 35.1 Å². The van der Waals surface area contributed by atoms with Gasteiger partial charge in [0.15, 0.2) is 0 Å². The van der Waals surface area contributed by atoms with Crippen LogP contribution >= 0.6 is 0 Å². The maximum atomic E-state index is 13.9. The summed E-state index contributed by atoms with van der Waals surface area (Å²) in [7, 11) is -2.16. The Morgan fingerprint density at radius 3 is 2.00 bits per heavy atom. The second-order valence-corrected chi connectivity index (χ2v) is 7.52. The van der Waals surface area contributed by atoms with E-state index >= 15 is 0 Å². The molecule has 0 aromatic heterocycles. The number of benzene rings is 1. The fourth-order valence-electron chi connectivity index (χ4n) is 1.55. The van der Waals surface area contributed by atoms with Crippen LogP contribution in [0.15, 0.2) is 18.2 Å². The standard InChI is InChI=1S/C13H15F6NOS/c1-12(2,3)22(21)20-10(13(17,18)19)7-5-4-6-8(9(7)14)11(15)16/h4-6,10-11,20H,1-3H3. The highest BCUT2D eigenvalue weighted by molar-refractivity contribution is 7.84. The highest BCUT2D eigenvalue weighted by Crippen LogP contribution is 2.37. The molecule has 0 radical (unpaired) electrons. The minimum absolute atomic E-state index is 0.706. The fourth-order valence-corrected chi connectivity index (χ4v) is 2.38. The topological polar surface area (TPSA) is 29.1 Å². The van der Waals surface area contributed by atoms with Crippen LogP contribution in [0.2, 0.25) is 0 Å². The Balaban J connectivity index is 3.31. The van der Waals surface area contributed by atoms with Crippen molar-refractivity contribution in [2.45, 2.75) is 44.2 Å². The summed E-state index contributed by atoms with van der Waals surface area (Å²) < 4.78 is 91.1. The van der Waals surface area contributed by atoms with Gasteiger partial charge < -0.3 is 0 Å². The number of rotatable bonds is 4. The van der Waals surface area contributed by atoms with E-state index in [1.165, 1.54) is 20.8 Å². The molecule has 22 heavy (non-hydrogen) atoms. The van der Waals surface area contributed by atoms with Crippen LogP contribution in [0.5, 0.6) is 0 Å².